The molecule has 2 aromatic rings. The first kappa shape index (κ1) is 16.7. The molecule has 1 unspecified atom stereocenters. The van der Waals surface area contributed by atoms with Crippen LogP contribution in [-0.4, -0.2) is 26.0 Å². The summed E-state index contributed by atoms with van der Waals surface area (Å²) >= 11 is 0. The fourth-order valence-corrected chi connectivity index (χ4v) is 2.57. The summed E-state index contributed by atoms with van der Waals surface area (Å²) in [5, 5.41) is 4.80. The van der Waals surface area contributed by atoms with E-state index in [1.807, 2.05) is 67.7 Å². The van der Waals surface area contributed by atoms with Gasteiger partial charge in [-0.15, -0.1) is 0 Å². The Labute approximate surface area is 136 Å². The topological polar surface area (TPSA) is 62.6 Å². The molecule has 2 aromatic carbocycles. The van der Waals surface area contributed by atoms with Crippen LogP contribution in [0.5, 0.6) is 0 Å². The molecule has 5 heteroatoms. The third kappa shape index (κ3) is 4.66. The number of nitrogens with one attached hydrogen (secondary N) is 3. The van der Waals surface area contributed by atoms with Gasteiger partial charge in [0.2, 0.25) is 0 Å². The minimum absolute atomic E-state index is 0.316. The summed E-state index contributed by atoms with van der Waals surface area (Å²) in [5.41, 5.74) is 2.01. The number of hydrogen-bond donors (Lipinski definition) is 3. The average Bonchev–Trinajstić information content (AvgIpc) is 2.56. The van der Waals surface area contributed by atoms with E-state index in [-0.39, 0.29) is 5.91 Å². The lowest BCUT2D eigenvalue weighted by Crippen LogP contribution is -3.09. The monoisotopic (exact) mass is 312 g/mol. The summed E-state index contributed by atoms with van der Waals surface area (Å²) in [6, 6.07) is 18.5. The number of carbonyl (C=O) groups is 2. The van der Waals surface area contributed by atoms with Crippen LogP contribution in [0.4, 0.5) is 4.79 Å². The molecular formula is C18H22N3O2+. The van der Waals surface area contributed by atoms with Gasteiger partial charge in [-0.1, -0.05) is 60.7 Å². The van der Waals surface area contributed by atoms with Crippen LogP contribution in [0.25, 0.3) is 0 Å². The van der Waals surface area contributed by atoms with Crippen LogP contribution in [0.15, 0.2) is 60.7 Å². The van der Waals surface area contributed by atoms with Crippen LogP contribution < -0.4 is 15.5 Å². The second kappa shape index (κ2) is 8.10. The number of urea groups is 1. The number of carbonyl (C=O) groups excluding carboxylic acids is 2. The molecule has 120 valence electrons. The third-order valence-corrected chi connectivity index (χ3v) is 3.68. The van der Waals surface area contributed by atoms with Gasteiger partial charge in [-0.2, -0.15) is 0 Å². The normalized spacial score (nSPS) is 13.0. The predicted octanol–water partition coefficient (Wildman–Crippen LogP) is 0.898. The molecule has 0 aliphatic carbocycles. The van der Waals surface area contributed by atoms with Gasteiger partial charge in [-0.05, 0) is 0 Å². The lowest BCUT2D eigenvalue weighted by molar-refractivity contribution is -0.916. The molecule has 2 atom stereocenters. The first-order valence-corrected chi connectivity index (χ1v) is 7.55. The van der Waals surface area contributed by atoms with Gasteiger partial charge in [0, 0.05) is 18.2 Å². The number of amides is 3. The standard InChI is InChI=1S/C18H21N3O2/c1-19-18(23)20-17(22)16(15-11-7-4-8-12-15)21(2)13-14-9-5-3-6-10-14/h3-12,16H,13H2,1-2H3,(H2,19,20,22,23)/p+1/t16-/m0/s1. The van der Waals surface area contributed by atoms with Gasteiger partial charge in [0.25, 0.3) is 5.91 Å². The number of benzene rings is 2. The second-order valence-corrected chi connectivity index (χ2v) is 5.42. The highest BCUT2D eigenvalue weighted by molar-refractivity contribution is 5.96. The molecule has 0 aromatic heterocycles. The van der Waals surface area contributed by atoms with Crippen LogP contribution in [-0.2, 0) is 11.3 Å². The largest absolute Gasteiger partial charge is 0.341 e. The summed E-state index contributed by atoms with van der Waals surface area (Å²) < 4.78 is 0. The molecule has 5 nitrogen and oxygen atoms in total. The highest BCUT2D eigenvalue weighted by atomic mass is 16.2. The van der Waals surface area contributed by atoms with Gasteiger partial charge in [-0.3, -0.25) is 10.1 Å². The van der Waals surface area contributed by atoms with E-state index < -0.39 is 12.1 Å². The Morgan fingerprint density at radius 3 is 2.13 bits per heavy atom. The van der Waals surface area contributed by atoms with Crippen LogP contribution in [0.3, 0.4) is 0 Å². The van der Waals surface area contributed by atoms with Crippen molar-refractivity contribution in [2.24, 2.45) is 0 Å². The average molecular weight is 312 g/mol. The van der Waals surface area contributed by atoms with Crippen LogP contribution in [0.2, 0.25) is 0 Å². The maximum Gasteiger partial charge on any atom is 0.321 e. The molecule has 3 amide bonds. The summed E-state index contributed by atoms with van der Waals surface area (Å²) in [5.74, 6) is -0.316. The molecule has 0 heterocycles. The number of quaternary nitrogens is 1. The SMILES string of the molecule is CNC(=O)NC(=O)[C@H](c1ccccc1)[NH+](C)Cc1ccccc1. The molecule has 0 radical (unpaired) electrons. The van der Waals surface area contributed by atoms with Crippen molar-refractivity contribution in [3.8, 4) is 0 Å². The van der Waals surface area contributed by atoms with E-state index >= 15 is 0 Å². The lowest BCUT2D eigenvalue weighted by Gasteiger charge is -2.24. The van der Waals surface area contributed by atoms with E-state index in [2.05, 4.69) is 10.6 Å². The molecule has 0 aliphatic heterocycles. The van der Waals surface area contributed by atoms with E-state index in [0.29, 0.717) is 6.54 Å². The number of hydrogen-bond acceptors (Lipinski definition) is 2. The lowest BCUT2D eigenvalue weighted by atomic mass is 10.0. The molecule has 0 bridgehead atoms. The minimum Gasteiger partial charge on any atom is -0.341 e. The summed E-state index contributed by atoms with van der Waals surface area (Å²) in [7, 11) is 3.44. The molecule has 3 N–H and O–H groups in total. The molecule has 23 heavy (non-hydrogen) atoms. The van der Waals surface area contributed by atoms with E-state index in [0.717, 1.165) is 16.0 Å². The van der Waals surface area contributed by atoms with Crippen molar-refractivity contribution in [3.05, 3.63) is 71.8 Å². The molecule has 2 rings (SSSR count). The van der Waals surface area contributed by atoms with E-state index in [1.54, 1.807) is 0 Å². The first-order valence-electron chi connectivity index (χ1n) is 7.55. The third-order valence-electron chi connectivity index (χ3n) is 3.68. The zero-order valence-corrected chi connectivity index (χ0v) is 13.4. The molecular weight excluding hydrogens is 290 g/mol. The Morgan fingerprint density at radius 2 is 1.57 bits per heavy atom. The van der Waals surface area contributed by atoms with E-state index in [1.165, 1.54) is 7.05 Å². The van der Waals surface area contributed by atoms with Gasteiger partial charge in [0.1, 0.15) is 6.54 Å². The van der Waals surface area contributed by atoms with Crippen molar-refractivity contribution in [2.75, 3.05) is 14.1 Å². The first-order chi connectivity index (χ1) is 11.1. The summed E-state index contributed by atoms with van der Waals surface area (Å²) in [6.45, 7) is 0.682. The minimum atomic E-state index is -0.497. The van der Waals surface area contributed by atoms with Crippen LogP contribution >= 0.6 is 0 Å². The fraction of sp³-hybridized carbons (Fsp3) is 0.222. The van der Waals surface area contributed by atoms with Gasteiger partial charge in [-0.25, -0.2) is 4.79 Å². The maximum atomic E-state index is 12.6. The second-order valence-electron chi connectivity index (χ2n) is 5.42. The van der Waals surface area contributed by atoms with Crippen molar-refractivity contribution >= 4 is 11.9 Å². The smallest absolute Gasteiger partial charge is 0.321 e. The number of likely N-dealkylation sites (N-methyl/N-ethyl adjacent to an activating group) is 1. The van der Waals surface area contributed by atoms with Crippen LogP contribution in [0.1, 0.15) is 17.2 Å². The summed E-state index contributed by atoms with van der Waals surface area (Å²) in [6.07, 6.45) is 0. The predicted molar refractivity (Wildman–Crippen MR) is 88.8 cm³/mol. The Balaban J connectivity index is 2.22. The molecule has 0 spiro atoms. The molecule has 0 aliphatic rings. The highest BCUT2D eigenvalue weighted by Gasteiger charge is 2.30. The van der Waals surface area contributed by atoms with Crippen molar-refractivity contribution in [2.45, 2.75) is 12.6 Å². The Hall–Kier alpha value is -2.66. The van der Waals surface area contributed by atoms with Crippen molar-refractivity contribution in [1.29, 1.82) is 0 Å². The van der Waals surface area contributed by atoms with Gasteiger partial charge in [0.05, 0.1) is 7.05 Å². The number of imide groups is 1. The van der Waals surface area contributed by atoms with Crippen LogP contribution in [0, 0.1) is 0 Å². The van der Waals surface area contributed by atoms with Gasteiger partial charge in [0.15, 0.2) is 6.04 Å². The number of rotatable bonds is 5. The Morgan fingerprint density at radius 1 is 1.00 bits per heavy atom. The van der Waals surface area contributed by atoms with Crippen molar-refractivity contribution in [3.63, 3.8) is 0 Å². The zero-order chi connectivity index (χ0) is 16.7. The highest BCUT2D eigenvalue weighted by Crippen LogP contribution is 2.10. The van der Waals surface area contributed by atoms with E-state index in [9.17, 15) is 9.59 Å². The van der Waals surface area contributed by atoms with E-state index in [4.69, 9.17) is 0 Å². The Kier molecular flexibility index (Phi) is 5.88. The maximum absolute atomic E-state index is 12.6. The molecule has 0 saturated carbocycles. The quantitative estimate of drug-likeness (QED) is 0.768. The van der Waals surface area contributed by atoms with Gasteiger partial charge >= 0.3 is 6.03 Å². The molecule has 0 saturated heterocycles. The van der Waals surface area contributed by atoms with Crippen molar-refractivity contribution < 1.29 is 14.5 Å². The fourth-order valence-electron chi connectivity index (χ4n) is 2.57. The van der Waals surface area contributed by atoms with Crippen molar-refractivity contribution in [1.82, 2.24) is 10.6 Å². The summed E-state index contributed by atoms with van der Waals surface area (Å²) in [4.78, 5) is 25.0. The van der Waals surface area contributed by atoms with Gasteiger partial charge < -0.3 is 10.2 Å². The Bertz CT molecular complexity index is 644. The molecule has 0 fully saturated rings. The zero-order valence-electron chi connectivity index (χ0n) is 13.4.